The van der Waals surface area contributed by atoms with Crippen molar-refractivity contribution < 1.29 is 9.53 Å². The van der Waals surface area contributed by atoms with E-state index >= 15 is 0 Å². The molecule has 1 atom stereocenters. The molecule has 2 saturated heterocycles. The number of anilines is 1. The maximum absolute atomic E-state index is 12.4. The Labute approximate surface area is 146 Å². The largest absolute Gasteiger partial charge is 0.377 e. The Morgan fingerprint density at radius 2 is 2.13 bits per heavy atom. The van der Waals surface area contributed by atoms with Gasteiger partial charge in [0, 0.05) is 49.5 Å². The molecule has 0 saturated carbocycles. The van der Waals surface area contributed by atoms with Gasteiger partial charge in [0.2, 0.25) is 0 Å². The summed E-state index contributed by atoms with van der Waals surface area (Å²) in [5.74, 6) is 0. The van der Waals surface area contributed by atoms with Crippen LogP contribution >= 0.6 is 15.9 Å². The summed E-state index contributed by atoms with van der Waals surface area (Å²) in [6.07, 6.45) is 2.74. The van der Waals surface area contributed by atoms with E-state index in [9.17, 15) is 4.79 Å². The summed E-state index contributed by atoms with van der Waals surface area (Å²) in [4.78, 5) is 16.7. The van der Waals surface area contributed by atoms with Gasteiger partial charge >= 0.3 is 6.03 Å². The number of urea groups is 1. The van der Waals surface area contributed by atoms with E-state index in [2.05, 4.69) is 26.1 Å². The fourth-order valence-electron chi connectivity index (χ4n) is 3.13. The van der Waals surface area contributed by atoms with Crippen LogP contribution < -0.4 is 5.32 Å². The average Bonchev–Trinajstić information content (AvgIpc) is 3.04. The molecule has 2 aliphatic heterocycles. The lowest BCUT2D eigenvalue weighted by atomic mass is 10.2. The van der Waals surface area contributed by atoms with Crippen LogP contribution in [0.4, 0.5) is 10.5 Å². The minimum absolute atomic E-state index is 0.0107. The highest BCUT2D eigenvalue weighted by molar-refractivity contribution is 9.10. The number of rotatable bonds is 3. The average molecular weight is 382 g/mol. The highest BCUT2D eigenvalue weighted by Gasteiger charge is 2.24. The van der Waals surface area contributed by atoms with Gasteiger partial charge in [0.15, 0.2) is 0 Å². The SMILES string of the molecule is Cc1cc(NC(=O)N2CCN(CC3CCCO3)CC2)ccc1Br. The Balaban J connectivity index is 1.46. The first kappa shape index (κ1) is 16.7. The van der Waals surface area contributed by atoms with Crippen molar-refractivity contribution >= 4 is 27.6 Å². The molecule has 1 N–H and O–H groups in total. The Morgan fingerprint density at radius 1 is 1.35 bits per heavy atom. The predicted octanol–water partition coefficient (Wildman–Crippen LogP) is 3.09. The molecule has 0 bridgehead atoms. The van der Waals surface area contributed by atoms with E-state index in [4.69, 9.17) is 4.74 Å². The second-order valence-electron chi connectivity index (χ2n) is 6.32. The maximum atomic E-state index is 12.4. The molecule has 2 amide bonds. The van der Waals surface area contributed by atoms with Gasteiger partial charge in [0.25, 0.3) is 0 Å². The molecule has 2 fully saturated rings. The van der Waals surface area contributed by atoms with Crippen molar-refractivity contribution in [2.75, 3.05) is 44.6 Å². The third-order valence-corrected chi connectivity index (χ3v) is 5.44. The zero-order valence-corrected chi connectivity index (χ0v) is 15.1. The van der Waals surface area contributed by atoms with Crippen molar-refractivity contribution in [2.45, 2.75) is 25.9 Å². The van der Waals surface area contributed by atoms with Gasteiger partial charge in [-0.3, -0.25) is 4.90 Å². The molecular formula is C17H24BrN3O2. The zero-order chi connectivity index (χ0) is 16.2. The van der Waals surface area contributed by atoms with Crippen LogP contribution in [-0.2, 0) is 4.74 Å². The number of halogens is 1. The Morgan fingerprint density at radius 3 is 2.78 bits per heavy atom. The van der Waals surface area contributed by atoms with Crippen molar-refractivity contribution in [2.24, 2.45) is 0 Å². The van der Waals surface area contributed by atoms with Crippen LogP contribution in [0, 0.1) is 6.92 Å². The third kappa shape index (κ3) is 4.46. The minimum atomic E-state index is -0.0107. The normalized spacial score (nSPS) is 22.3. The van der Waals surface area contributed by atoms with Crippen molar-refractivity contribution in [1.82, 2.24) is 9.80 Å². The number of aryl methyl sites for hydroxylation is 1. The number of amides is 2. The van der Waals surface area contributed by atoms with Gasteiger partial charge in [-0.05, 0) is 43.5 Å². The number of hydrogen-bond acceptors (Lipinski definition) is 3. The minimum Gasteiger partial charge on any atom is -0.377 e. The molecule has 1 aromatic rings. The van der Waals surface area contributed by atoms with Gasteiger partial charge in [-0.2, -0.15) is 0 Å². The van der Waals surface area contributed by atoms with Crippen molar-refractivity contribution in [3.8, 4) is 0 Å². The second kappa shape index (κ2) is 7.64. The topological polar surface area (TPSA) is 44.8 Å². The molecule has 0 aromatic heterocycles. The van der Waals surface area contributed by atoms with Crippen LogP contribution in [0.2, 0.25) is 0 Å². The van der Waals surface area contributed by atoms with E-state index in [0.717, 1.165) is 55.1 Å². The summed E-state index contributed by atoms with van der Waals surface area (Å²) in [5.41, 5.74) is 1.96. The van der Waals surface area contributed by atoms with Gasteiger partial charge in [-0.25, -0.2) is 4.79 Å². The number of carbonyl (C=O) groups is 1. The van der Waals surface area contributed by atoms with Gasteiger partial charge in [0.05, 0.1) is 6.10 Å². The number of benzene rings is 1. The molecule has 3 rings (SSSR count). The summed E-state index contributed by atoms with van der Waals surface area (Å²) < 4.78 is 6.75. The van der Waals surface area contributed by atoms with E-state index < -0.39 is 0 Å². The summed E-state index contributed by atoms with van der Waals surface area (Å²) >= 11 is 3.48. The van der Waals surface area contributed by atoms with Crippen LogP contribution in [0.25, 0.3) is 0 Å². The van der Waals surface area contributed by atoms with Crippen molar-refractivity contribution in [3.05, 3.63) is 28.2 Å². The third-order valence-electron chi connectivity index (χ3n) is 4.55. The fraction of sp³-hybridized carbons (Fsp3) is 0.588. The van der Waals surface area contributed by atoms with E-state index in [1.54, 1.807) is 0 Å². The maximum Gasteiger partial charge on any atom is 0.321 e. The summed E-state index contributed by atoms with van der Waals surface area (Å²) in [5, 5.41) is 2.99. The summed E-state index contributed by atoms with van der Waals surface area (Å²) in [6.45, 7) is 7.31. The monoisotopic (exact) mass is 381 g/mol. The summed E-state index contributed by atoms with van der Waals surface area (Å²) in [6, 6.07) is 5.85. The molecule has 0 spiro atoms. The molecule has 0 radical (unpaired) electrons. The Hall–Kier alpha value is -1.11. The highest BCUT2D eigenvalue weighted by atomic mass is 79.9. The summed E-state index contributed by atoms with van der Waals surface area (Å²) in [7, 11) is 0. The first-order valence-corrected chi connectivity index (χ1v) is 9.07. The number of nitrogens with one attached hydrogen (secondary N) is 1. The Kier molecular flexibility index (Phi) is 5.56. The van der Waals surface area contributed by atoms with Gasteiger partial charge in [-0.1, -0.05) is 15.9 Å². The zero-order valence-electron chi connectivity index (χ0n) is 13.6. The van der Waals surface area contributed by atoms with E-state index in [0.29, 0.717) is 6.10 Å². The van der Waals surface area contributed by atoms with Crippen LogP contribution in [-0.4, -0.2) is 61.3 Å². The van der Waals surface area contributed by atoms with E-state index in [1.165, 1.54) is 12.8 Å². The first-order valence-electron chi connectivity index (χ1n) is 8.28. The predicted molar refractivity (Wildman–Crippen MR) is 94.9 cm³/mol. The van der Waals surface area contributed by atoms with Crippen LogP contribution in [0.1, 0.15) is 18.4 Å². The van der Waals surface area contributed by atoms with Gasteiger partial charge in [0.1, 0.15) is 0 Å². The van der Waals surface area contributed by atoms with Gasteiger partial charge in [-0.15, -0.1) is 0 Å². The number of carbonyl (C=O) groups excluding carboxylic acids is 1. The van der Waals surface area contributed by atoms with Gasteiger partial charge < -0.3 is 15.0 Å². The number of piperazine rings is 1. The number of hydrogen-bond donors (Lipinski definition) is 1. The Bertz CT molecular complexity index is 553. The molecule has 126 valence electrons. The molecule has 0 aliphatic carbocycles. The standard InChI is InChI=1S/C17H24BrN3O2/c1-13-11-14(4-5-16(13)18)19-17(22)21-8-6-20(7-9-21)12-15-3-2-10-23-15/h4-5,11,15H,2-3,6-10,12H2,1H3,(H,19,22). The lowest BCUT2D eigenvalue weighted by Crippen LogP contribution is -2.51. The highest BCUT2D eigenvalue weighted by Crippen LogP contribution is 2.20. The van der Waals surface area contributed by atoms with Crippen molar-refractivity contribution in [3.63, 3.8) is 0 Å². The molecule has 2 heterocycles. The number of ether oxygens (including phenoxy) is 1. The molecule has 5 nitrogen and oxygen atoms in total. The molecule has 6 heteroatoms. The van der Waals surface area contributed by atoms with Crippen LogP contribution in [0.3, 0.4) is 0 Å². The molecular weight excluding hydrogens is 358 g/mol. The van der Waals surface area contributed by atoms with Crippen molar-refractivity contribution in [1.29, 1.82) is 0 Å². The molecule has 2 aliphatic rings. The molecule has 1 aromatic carbocycles. The lowest BCUT2D eigenvalue weighted by molar-refractivity contribution is 0.0572. The smallest absolute Gasteiger partial charge is 0.321 e. The first-order chi connectivity index (χ1) is 11.1. The van der Waals surface area contributed by atoms with E-state index in [1.807, 2.05) is 30.0 Å². The van der Waals surface area contributed by atoms with Crippen LogP contribution in [0.15, 0.2) is 22.7 Å². The fourth-order valence-corrected chi connectivity index (χ4v) is 3.38. The quantitative estimate of drug-likeness (QED) is 0.874. The van der Waals surface area contributed by atoms with E-state index in [-0.39, 0.29) is 6.03 Å². The lowest BCUT2D eigenvalue weighted by Gasteiger charge is -2.35. The second-order valence-corrected chi connectivity index (χ2v) is 7.17. The van der Waals surface area contributed by atoms with Crippen LogP contribution in [0.5, 0.6) is 0 Å². The number of nitrogens with zero attached hydrogens (tertiary/aromatic N) is 2. The molecule has 23 heavy (non-hydrogen) atoms. The molecule has 1 unspecified atom stereocenters.